The van der Waals surface area contributed by atoms with E-state index >= 15 is 0 Å². The molecule has 3 atom stereocenters. The number of carbonyl (C=O) groups excluding carboxylic acids is 1. The molecule has 1 heterocycles. The average Bonchev–Trinajstić information content (AvgIpc) is 2.65. The third kappa shape index (κ3) is 2.95. The molecule has 0 radical (unpaired) electrons. The highest BCUT2D eigenvalue weighted by atomic mass is 16.1. The minimum absolute atomic E-state index is 0.0900. The standard InChI is InChI=1S/C12H23N3O/c1-9(16)14-11-5-6-15(8-11)12-4-2-3-10(13)7-12/h10-12H,2-8,13H2,1H3,(H,14,16). The summed E-state index contributed by atoms with van der Waals surface area (Å²) in [4.78, 5) is 13.5. The van der Waals surface area contributed by atoms with E-state index in [1.54, 1.807) is 6.92 Å². The molecule has 1 amide bonds. The first-order valence-corrected chi connectivity index (χ1v) is 6.42. The first kappa shape index (κ1) is 11.9. The van der Waals surface area contributed by atoms with Gasteiger partial charge in [0.15, 0.2) is 0 Å². The summed E-state index contributed by atoms with van der Waals surface area (Å²) in [7, 11) is 0. The molecule has 1 aliphatic heterocycles. The van der Waals surface area contributed by atoms with Crippen LogP contribution in [0.2, 0.25) is 0 Å². The molecule has 1 saturated heterocycles. The quantitative estimate of drug-likeness (QED) is 0.718. The van der Waals surface area contributed by atoms with Gasteiger partial charge in [0.2, 0.25) is 5.91 Å². The lowest BCUT2D eigenvalue weighted by molar-refractivity contribution is -0.119. The Hall–Kier alpha value is -0.610. The topological polar surface area (TPSA) is 58.4 Å². The lowest BCUT2D eigenvalue weighted by Gasteiger charge is -2.33. The predicted molar refractivity (Wildman–Crippen MR) is 64.0 cm³/mol. The fourth-order valence-corrected chi connectivity index (χ4v) is 3.06. The molecule has 0 aromatic carbocycles. The minimum Gasteiger partial charge on any atom is -0.352 e. The second-order valence-electron chi connectivity index (χ2n) is 5.26. The molecule has 0 spiro atoms. The van der Waals surface area contributed by atoms with Crippen LogP contribution in [0.5, 0.6) is 0 Å². The lowest BCUT2D eigenvalue weighted by atomic mass is 9.91. The molecule has 2 aliphatic rings. The number of nitrogens with two attached hydrogens (primary N) is 1. The van der Waals surface area contributed by atoms with Crippen LogP contribution in [0.15, 0.2) is 0 Å². The van der Waals surface area contributed by atoms with Gasteiger partial charge in [-0.15, -0.1) is 0 Å². The molecule has 16 heavy (non-hydrogen) atoms. The highest BCUT2D eigenvalue weighted by Crippen LogP contribution is 2.25. The fourth-order valence-electron chi connectivity index (χ4n) is 3.06. The van der Waals surface area contributed by atoms with Crippen LogP contribution in [-0.2, 0) is 4.79 Å². The SMILES string of the molecule is CC(=O)NC1CCN(C2CCCC(N)C2)C1. The molecule has 0 aromatic rings. The molecule has 3 N–H and O–H groups in total. The number of hydrogen-bond acceptors (Lipinski definition) is 3. The maximum atomic E-state index is 11.0. The van der Waals surface area contributed by atoms with Gasteiger partial charge in [-0.2, -0.15) is 0 Å². The van der Waals surface area contributed by atoms with E-state index in [1.165, 1.54) is 19.3 Å². The van der Waals surface area contributed by atoms with Crippen molar-refractivity contribution >= 4 is 5.91 Å². The Morgan fingerprint density at radius 3 is 2.88 bits per heavy atom. The molecule has 4 heteroatoms. The van der Waals surface area contributed by atoms with E-state index in [9.17, 15) is 4.79 Å². The molecule has 2 rings (SSSR count). The summed E-state index contributed by atoms with van der Waals surface area (Å²) >= 11 is 0. The largest absolute Gasteiger partial charge is 0.352 e. The van der Waals surface area contributed by atoms with E-state index in [2.05, 4.69) is 10.2 Å². The van der Waals surface area contributed by atoms with E-state index in [-0.39, 0.29) is 5.91 Å². The third-order valence-electron chi connectivity index (χ3n) is 3.83. The van der Waals surface area contributed by atoms with Crippen LogP contribution in [-0.4, -0.2) is 42.0 Å². The van der Waals surface area contributed by atoms with E-state index in [1.807, 2.05) is 0 Å². The van der Waals surface area contributed by atoms with Crippen LogP contribution in [0.3, 0.4) is 0 Å². The summed E-state index contributed by atoms with van der Waals surface area (Å²) in [5.41, 5.74) is 6.01. The van der Waals surface area contributed by atoms with Crippen molar-refractivity contribution in [3.05, 3.63) is 0 Å². The van der Waals surface area contributed by atoms with Crippen LogP contribution in [0.25, 0.3) is 0 Å². The second kappa shape index (κ2) is 5.15. The Labute approximate surface area is 97.6 Å². The van der Waals surface area contributed by atoms with E-state index < -0.39 is 0 Å². The first-order valence-electron chi connectivity index (χ1n) is 6.42. The van der Waals surface area contributed by atoms with Gasteiger partial charge in [0, 0.05) is 38.1 Å². The van der Waals surface area contributed by atoms with Crippen molar-refractivity contribution in [2.75, 3.05) is 13.1 Å². The first-order chi connectivity index (χ1) is 7.65. The van der Waals surface area contributed by atoms with Gasteiger partial charge >= 0.3 is 0 Å². The number of amides is 1. The number of likely N-dealkylation sites (tertiary alicyclic amines) is 1. The second-order valence-corrected chi connectivity index (χ2v) is 5.26. The van der Waals surface area contributed by atoms with E-state index in [0.717, 1.165) is 25.9 Å². The molecule has 1 aliphatic carbocycles. The molecular formula is C12H23N3O. The van der Waals surface area contributed by atoms with E-state index in [4.69, 9.17) is 5.73 Å². The molecule has 3 unspecified atom stereocenters. The normalized spacial score (nSPS) is 36.2. The Morgan fingerprint density at radius 1 is 1.38 bits per heavy atom. The highest BCUT2D eigenvalue weighted by molar-refractivity contribution is 5.73. The number of nitrogens with one attached hydrogen (secondary N) is 1. The van der Waals surface area contributed by atoms with Gasteiger partial charge in [0.05, 0.1) is 0 Å². The molecule has 92 valence electrons. The highest BCUT2D eigenvalue weighted by Gasteiger charge is 2.31. The van der Waals surface area contributed by atoms with Crippen LogP contribution < -0.4 is 11.1 Å². The maximum absolute atomic E-state index is 11.0. The zero-order valence-electron chi connectivity index (χ0n) is 10.1. The Balaban J connectivity index is 1.81. The van der Waals surface area contributed by atoms with Gasteiger partial charge in [-0.1, -0.05) is 6.42 Å². The Kier molecular flexibility index (Phi) is 3.82. The van der Waals surface area contributed by atoms with Crippen molar-refractivity contribution in [1.29, 1.82) is 0 Å². The lowest BCUT2D eigenvalue weighted by Crippen LogP contribution is -2.43. The van der Waals surface area contributed by atoms with Gasteiger partial charge in [-0.05, 0) is 25.7 Å². The smallest absolute Gasteiger partial charge is 0.217 e. The molecule has 0 aromatic heterocycles. The fraction of sp³-hybridized carbons (Fsp3) is 0.917. The number of hydrogen-bond donors (Lipinski definition) is 2. The summed E-state index contributed by atoms with van der Waals surface area (Å²) in [5, 5.41) is 3.01. The monoisotopic (exact) mass is 225 g/mol. The van der Waals surface area contributed by atoms with Gasteiger partial charge in [-0.25, -0.2) is 0 Å². The molecule has 0 bridgehead atoms. The van der Waals surface area contributed by atoms with Crippen molar-refractivity contribution in [3.8, 4) is 0 Å². The van der Waals surface area contributed by atoms with Gasteiger partial charge < -0.3 is 11.1 Å². The summed E-state index contributed by atoms with van der Waals surface area (Å²) < 4.78 is 0. The summed E-state index contributed by atoms with van der Waals surface area (Å²) in [6.45, 7) is 3.72. The minimum atomic E-state index is 0.0900. The van der Waals surface area contributed by atoms with Gasteiger partial charge in [0.25, 0.3) is 0 Å². The maximum Gasteiger partial charge on any atom is 0.217 e. The molecule has 2 fully saturated rings. The van der Waals surface area contributed by atoms with Crippen LogP contribution in [0, 0.1) is 0 Å². The summed E-state index contributed by atoms with van der Waals surface area (Å²) in [6.07, 6.45) is 5.94. The third-order valence-corrected chi connectivity index (χ3v) is 3.83. The van der Waals surface area contributed by atoms with Crippen LogP contribution in [0.4, 0.5) is 0 Å². The number of nitrogens with zero attached hydrogens (tertiary/aromatic N) is 1. The number of rotatable bonds is 2. The summed E-state index contributed by atoms with van der Waals surface area (Å²) in [5.74, 6) is 0.0900. The van der Waals surface area contributed by atoms with Crippen molar-refractivity contribution < 1.29 is 4.79 Å². The Morgan fingerprint density at radius 2 is 2.19 bits per heavy atom. The zero-order chi connectivity index (χ0) is 11.5. The van der Waals surface area contributed by atoms with Crippen molar-refractivity contribution in [2.45, 2.75) is 57.2 Å². The molecular weight excluding hydrogens is 202 g/mol. The average molecular weight is 225 g/mol. The van der Waals surface area contributed by atoms with Crippen molar-refractivity contribution in [1.82, 2.24) is 10.2 Å². The molecule has 1 saturated carbocycles. The van der Waals surface area contributed by atoms with Crippen LogP contribution >= 0.6 is 0 Å². The van der Waals surface area contributed by atoms with Crippen LogP contribution in [0.1, 0.15) is 39.0 Å². The van der Waals surface area contributed by atoms with Gasteiger partial charge in [-0.3, -0.25) is 9.69 Å². The molecule has 4 nitrogen and oxygen atoms in total. The van der Waals surface area contributed by atoms with Gasteiger partial charge in [0.1, 0.15) is 0 Å². The Bertz CT molecular complexity index is 257. The van der Waals surface area contributed by atoms with Crippen molar-refractivity contribution in [3.63, 3.8) is 0 Å². The van der Waals surface area contributed by atoms with Crippen molar-refractivity contribution in [2.24, 2.45) is 5.73 Å². The number of carbonyl (C=O) groups is 1. The predicted octanol–water partition coefficient (Wildman–Crippen LogP) is 0.467. The zero-order valence-corrected chi connectivity index (χ0v) is 10.1. The van der Waals surface area contributed by atoms with E-state index in [0.29, 0.717) is 18.1 Å². The summed E-state index contributed by atoms with van der Waals surface area (Å²) in [6, 6.07) is 1.40.